The van der Waals surface area contributed by atoms with E-state index in [9.17, 15) is 0 Å². The van der Waals surface area contributed by atoms with E-state index in [4.69, 9.17) is 9.47 Å². The molecular weight excluding hydrogens is 214 g/mol. The summed E-state index contributed by atoms with van der Waals surface area (Å²) in [5.74, 6) is 1.72. The lowest BCUT2D eigenvalue weighted by atomic mass is 10.1. The maximum absolute atomic E-state index is 5.66. The second-order valence-electron chi connectivity index (χ2n) is 4.21. The molecule has 1 rings (SSSR count). The summed E-state index contributed by atoms with van der Waals surface area (Å²) in [4.78, 5) is 0. The van der Waals surface area contributed by atoms with Crippen LogP contribution in [-0.2, 0) is 0 Å². The summed E-state index contributed by atoms with van der Waals surface area (Å²) < 4.78 is 10.8. The minimum absolute atomic E-state index is 0.590. The lowest BCUT2D eigenvalue weighted by Gasteiger charge is -2.10. The third kappa shape index (κ3) is 5.59. The van der Waals surface area contributed by atoms with Gasteiger partial charge in [-0.3, -0.25) is 0 Å². The van der Waals surface area contributed by atoms with Crippen LogP contribution in [0.25, 0.3) is 0 Å². The summed E-state index contributed by atoms with van der Waals surface area (Å²) in [6.07, 6.45) is 3.47. The first-order chi connectivity index (χ1) is 8.26. The molecule has 0 saturated carbocycles. The summed E-state index contributed by atoms with van der Waals surface area (Å²) in [5.41, 5.74) is 0. The van der Waals surface area contributed by atoms with Crippen molar-refractivity contribution in [3.8, 4) is 11.5 Å². The fourth-order valence-electron chi connectivity index (χ4n) is 1.58. The summed E-state index contributed by atoms with van der Waals surface area (Å²) in [5, 5.41) is 3.23. The average Bonchev–Trinajstić information content (AvgIpc) is 2.38. The lowest BCUT2D eigenvalue weighted by Crippen LogP contribution is -2.20. The largest absolute Gasteiger partial charge is 0.497 e. The number of rotatable bonds is 8. The molecule has 1 unspecified atom stereocenters. The van der Waals surface area contributed by atoms with Crippen LogP contribution in [0, 0.1) is 0 Å². The third-order valence-electron chi connectivity index (χ3n) is 2.83. The Labute approximate surface area is 104 Å². The van der Waals surface area contributed by atoms with Crippen LogP contribution >= 0.6 is 0 Å². The molecule has 17 heavy (non-hydrogen) atoms. The molecule has 0 radical (unpaired) electrons. The highest BCUT2D eigenvalue weighted by molar-refractivity contribution is 5.32. The van der Waals surface area contributed by atoms with E-state index in [0.717, 1.165) is 24.5 Å². The maximum atomic E-state index is 5.66. The Morgan fingerprint density at radius 1 is 1.24 bits per heavy atom. The third-order valence-corrected chi connectivity index (χ3v) is 2.83. The Kier molecular flexibility index (Phi) is 6.48. The molecular formula is C14H23NO2. The zero-order valence-electron chi connectivity index (χ0n) is 11.0. The molecule has 0 aliphatic rings. The Bertz CT molecular complexity index is 315. The second-order valence-corrected chi connectivity index (χ2v) is 4.21. The molecule has 0 aliphatic heterocycles. The molecule has 96 valence electrons. The van der Waals surface area contributed by atoms with Crippen molar-refractivity contribution in [2.75, 3.05) is 20.8 Å². The molecule has 1 aromatic rings. The van der Waals surface area contributed by atoms with E-state index in [-0.39, 0.29) is 0 Å². The number of hydrogen-bond donors (Lipinski definition) is 1. The van der Waals surface area contributed by atoms with Crippen LogP contribution in [0.15, 0.2) is 24.3 Å². The van der Waals surface area contributed by atoms with Gasteiger partial charge in [0.1, 0.15) is 11.5 Å². The van der Waals surface area contributed by atoms with Gasteiger partial charge >= 0.3 is 0 Å². The van der Waals surface area contributed by atoms with E-state index in [2.05, 4.69) is 12.2 Å². The van der Waals surface area contributed by atoms with E-state index < -0.39 is 0 Å². The van der Waals surface area contributed by atoms with Gasteiger partial charge in [0.25, 0.3) is 0 Å². The molecule has 0 spiro atoms. The summed E-state index contributed by atoms with van der Waals surface area (Å²) in [7, 11) is 3.66. The fraction of sp³-hybridized carbons (Fsp3) is 0.571. The molecule has 0 heterocycles. The van der Waals surface area contributed by atoms with Crippen molar-refractivity contribution in [3.05, 3.63) is 24.3 Å². The maximum Gasteiger partial charge on any atom is 0.122 e. The Balaban J connectivity index is 2.17. The number of methoxy groups -OCH3 is 1. The van der Waals surface area contributed by atoms with E-state index in [1.54, 1.807) is 7.11 Å². The second kappa shape index (κ2) is 7.96. The smallest absolute Gasteiger partial charge is 0.122 e. The summed E-state index contributed by atoms with van der Waals surface area (Å²) in [6.45, 7) is 2.96. The lowest BCUT2D eigenvalue weighted by molar-refractivity contribution is 0.300. The molecule has 1 N–H and O–H groups in total. The van der Waals surface area contributed by atoms with Crippen molar-refractivity contribution in [3.63, 3.8) is 0 Å². The SMILES string of the molecule is CNC(C)CCCCOc1cccc(OC)c1. The first-order valence-electron chi connectivity index (χ1n) is 6.20. The average molecular weight is 237 g/mol. The van der Waals surface area contributed by atoms with Gasteiger partial charge in [0, 0.05) is 12.1 Å². The topological polar surface area (TPSA) is 30.5 Å². The van der Waals surface area contributed by atoms with E-state index in [1.165, 1.54) is 12.8 Å². The van der Waals surface area contributed by atoms with Gasteiger partial charge in [-0.15, -0.1) is 0 Å². The van der Waals surface area contributed by atoms with E-state index >= 15 is 0 Å². The normalized spacial score (nSPS) is 12.2. The predicted octanol–water partition coefficient (Wildman–Crippen LogP) is 2.85. The molecule has 3 heteroatoms. The number of benzene rings is 1. The predicted molar refractivity (Wildman–Crippen MR) is 70.9 cm³/mol. The molecule has 0 bridgehead atoms. The van der Waals surface area contributed by atoms with Gasteiger partial charge in [-0.2, -0.15) is 0 Å². The highest BCUT2D eigenvalue weighted by atomic mass is 16.5. The van der Waals surface area contributed by atoms with Gasteiger partial charge < -0.3 is 14.8 Å². The monoisotopic (exact) mass is 237 g/mol. The van der Waals surface area contributed by atoms with Gasteiger partial charge in [-0.05, 0) is 45.4 Å². The summed E-state index contributed by atoms with van der Waals surface area (Å²) >= 11 is 0. The fourth-order valence-corrected chi connectivity index (χ4v) is 1.58. The number of ether oxygens (including phenoxy) is 2. The minimum atomic E-state index is 0.590. The van der Waals surface area contributed by atoms with Crippen molar-refractivity contribution in [2.24, 2.45) is 0 Å². The van der Waals surface area contributed by atoms with Crippen molar-refractivity contribution < 1.29 is 9.47 Å². The number of unbranched alkanes of at least 4 members (excludes halogenated alkanes) is 1. The molecule has 0 saturated heterocycles. The highest BCUT2D eigenvalue weighted by Crippen LogP contribution is 2.19. The minimum Gasteiger partial charge on any atom is -0.497 e. The van der Waals surface area contributed by atoms with Crippen LogP contribution in [0.3, 0.4) is 0 Å². The molecule has 0 aromatic heterocycles. The molecule has 1 atom stereocenters. The van der Waals surface area contributed by atoms with E-state index in [0.29, 0.717) is 6.04 Å². The Morgan fingerprint density at radius 3 is 2.71 bits per heavy atom. The van der Waals surface area contributed by atoms with Gasteiger partial charge in [-0.1, -0.05) is 6.07 Å². The number of nitrogens with one attached hydrogen (secondary N) is 1. The Hall–Kier alpha value is -1.22. The van der Waals surface area contributed by atoms with Crippen molar-refractivity contribution in [1.82, 2.24) is 5.32 Å². The quantitative estimate of drug-likeness (QED) is 0.705. The van der Waals surface area contributed by atoms with E-state index in [1.807, 2.05) is 31.3 Å². The van der Waals surface area contributed by atoms with Gasteiger partial charge in [0.15, 0.2) is 0 Å². The molecule has 0 aliphatic carbocycles. The van der Waals surface area contributed by atoms with Crippen LogP contribution in [-0.4, -0.2) is 26.8 Å². The molecule has 3 nitrogen and oxygen atoms in total. The highest BCUT2D eigenvalue weighted by Gasteiger charge is 1.99. The van der Waals surface area contributed by atoms with Gasteiger partial charge in [0.2, 0.25) is 0 Å². The summed E-state index contributed by atoms with van der Waals surface area (Å²) in [6, 6.07) is 8.32. The van der Waals surface area contributed by atoms with Crippen LogP contribution in [0.2, 0.25) is 0 Å². The standard InChI is InChI=1S/C14H23NO2/c1-12(15-2)7-4-5-10-17-14-9-6-8-13(11-14)16-3/h6,8-9,11-12,15H,4-5,7,10H2,1-3H3. The van der Waals surface area contributed by atoms with Crippen molar-refractivity contribution >= 4 is 0 Å². The zero-order valence-corrected chi connectivity index (χ0v) is 11.0. The van der Waals surface area contributed by atoms with Crippen LogP contribution in [0.4, 0.5) is 0 Å². The zero-order chi connectivity index (χ0) is 12.5. The van der Waals surface area contributed by atoms with Gasteiger partial charge in [0.05, 0.1) is 13.7 Å². The number of hydrogen-bond acceptors (Lipinski definition) is 3. The van der Waals surface area contributed by atoms with Crippen LogP contribution in [0.1, 0.15) is 26.2 Å². The first-order valence-corrected chi connectivity index (χ1v) is 6.20. The van der Waals surface area contributed by atoms with Crippen molar-refractivity contribution in [1.29, 1.82) is 0 Å². The molecule has 1 aromatic carbocycles. The van der Waals surface area contributed by atoms with Crippen LogP contribution < -0.4 is 14.8 Å². The Morgan fingerprint density at radius 2 is 2.00 bits per heavy atom. The molecule has 0 fully saturated rings. The molecule has 0 amide bonds. The van der Waals surface area contributed by atoms with Gasteiger partial charge in [-0.25, -0.2) is 0 Å². The van der Waals surface area contributed by atoms with Crippen LogP contribution in [0.5, 0.6) is 11.5 Å². The first kappa shape index (κ1) is 13.8. The van der Waals surface area contributed by atoms with Crippen molar-refractivity contribution in [2.45, 2.75) is 32.2 Å².